The van der Waals surface area contributed by atoms with Gasteiger partial charge in [0.25, 0.3) is 0 Å². The van der Waals surface area contributed by atoms with Crippen LogP contribution < -0.4 is 5.32 Å². The molecule has 0 aliphatic carbocycles. The normalized spacial score (nSPS) is 12.7. The summed E-state index contributed by atoms with van der Waals surface area (Å²) in [5.41, 5.74) is 0. The number of unbranched alkanes of at least 4 members (excludes halogenated alkanes) is 1. The van der Waals surface area contributed by atoms with Crippen molar-refractivity contribution in [3.8, 4) is 0 Å². The number of hydrogen-bond donors (Lipinski definition) is 1. The van der Waals surface area contributed by atoms with Crippen molar-refractivity contribution >= 4 is 17.8 Å². The lowest BCUT2D eigenvalue weighted by Crippen LogP contribution is -2.51. The Hall–Kier alpha value is -1.80. The van der Waals surface area contributed by atoms with Gasteiger partial charge in [-0.1, -0.05) is 19.8 Å². The van der Waals surface area contributed by atoms with Gasteiger partial charge < -0.3 is 14.8 Å². The first-order chi connectivity index (χ1) is 9.68. The van der Waals surface area contributed by atoms with Crippen LogP contribution in [-0.2, 0) is 23.9 Å². The Balaban J connectivity index is 5.27. The van der Waals surface area contributed by atoms with Crippen LogP contribution in [0.15, 0.2) is 0 Å². The summed E-state index contributed by atoms with van der Waals surface area (Å²) < 4.78 is 45.7. The number of carbonyl (C=O) groups excluding carboxylic acids is 3. The van der Waals surface area contributed by atoms with Gasteiger partial charge in [-0.3, -0.25) is 14.4 Å². The molecular weight excluding hydrogens is 295 g/mol. The molecule has 9 heteroatoms. The molecule has 0 heterocycles. The van der Waals surface area contributed by atoms with E-state index >= 15 is 0 Å². The van der Waals surface area contributed by atoms with E-state index in [9.17, 15) is 27.6 Å². The molecule has 0 aromatic carbocycles. The molecule has 122 valence electrons. The molecule has 0 aromatic rings. The molecule has 0 fully saturated rings. The molecule has 0 spiro atoms. The average molecular weight is 313 g/mol. The number of amides is 1. The second-order valence-corrected chi connectivity index (χ2v) is 4.24. The van der Waals surface area contributed by atoms with Crippen molar-refractivity contribution in [1.29, 1.82) is 0 Å². The van der Waals surface area contributed by atoms with Gasteiger partial charge in [-0.05, 0) is 6.42 Å². The number of carbonyl (C=O) groups is 3. The molecule has 1 amide bonds. The van der Waals surface area contributed by atoms with Crippen molar-refractivity contribution in [3.63, 3.8) is 0 Å². The van der Waals surface area contributed by atoms with E-state index in [-0.39, 0.29) is 6.42 Å². The highest BCUT2D eigenvalue weighted by atomic mass is 19.4. The monoisotopic (exact) mass is 313 g/mol. The van der Waals surface area contributed by atoms with E-state index in [1.54, 1.807) is 12.2 Å². The van der Waals surface area contributed by atoms with Gasteiger partial charge in [0.1, 0.15) is 0 Å². The van der Waals surface area contributed by atoms with E-state index in [0.717, 1.165) is 14.2 Å². The predicted octanol–water partition coefficient (Wildman–Crippen LogP) is 1.19. The van der Waals surface area contributed by atoms with Gasteiger partial charge in [-0.2, -0.15) is 13.2 Å². The second kappa shape index (κ2) is 8.48. The Morgan fingerprint density at radius 1 is 1.10 bits per heavy atom. The van der Waals surface area contributed by atoms with Gasteiger partial charge in [0.15, 0.2) is 5.92 Å². The minimum Gasteiger partial charge on any atom is -0.468 e. The number of nitrogens with one attached hydrogen (secondary N) is 1. The summed E-state index contributed by atoms with van der Waals surface area (Å²) in [6.45, 7) is 1.77. The summed E-state index contributed by atoms with van der Waals surface area (Å²) in [5, 5.41) is 1.66. The maximum atomic E-state index is 12.3. The van der Waals surface area contributed by atoms with Crippen molar-refractivity contribution in [3.05, 3.63) is 0 Å². The van der Waals surface area contributed by atoms with E-state index in [0.29, 0.717) is 12.8 Å². The molecule has 0 bridgehead atoms. The van der Waals surface area contributed by atoms with Crippen LogP contribution in [0.3, 0.4) is 0 Å². The topological polar surface area (TPSA) is 81.7 Å². The third-order valence-corrected chi connectivity index (χ3v) is 2.76. The van der Waals surface area contributed by atoms with Crippen molar-refractivity contribution in [2.75, 3.05) is 14.2 Å². The molecule has 1 unspecified atom stereocenters. The molecular formula is C12H18F3NO5. The predicted molar refractivity (Wildman–Crippen MR) is 65.0 cm³/mol. The van der Waals surface area contributed by atoms with Crippen LogP contribution >= 0.6 is 0 Å². The summed E-state index contributed by atoms with van der Waals surface area (Å²) in [5.74, 6) is -5.99. The molecule has 0 saturated carbocycles. The molecule has 6 nitrogen and oxygen atoms in total. The number of methoxy groups -OCH3 is 2. The van der Waals surface area contributed by atoms with Crippen LogP contribution in [0.2, 0.25) is 0 Å². The number of alkyl halides is 3. The van der Waals surface area contributed by atoms with Gasteiger partial charge in [0, 0.05) is 0 Å². The standard InChI is InChI=1S/C12H18F3NO5/c1-4-5-6-7(16-11(19)12(13,14)15)8(9(17)20-2)10(18)21-3/h7-8H,4-6H2,1-3H3,(H,16,19). The van der Waals surface area contributed by atoms with Gasteiger partial charge in [0.2, 0.25) is 0 Å². The van der Waals surface area contributed by atoms with Crippen molar-refractivity contribution in [2.24, 2.45) is 5.92 Å². The Morgan fingerprint density at radius 3 is 1.90 bits per heavy atom. The highest BCUT2D eigenvalue weighted by Crippen LogP contribution is 2.19. The molecule has 0 aliphatic heterocycles. The quantitative estimate of drug-likeness (QED) is 0.564. The zero-order valence-corrected chi connectivity index (χ0v) is 12.0. The number of esters is 2. The first-order valence-corrected chi connectivity index (χ1v) is 6.22. The first kappa shape index (κ1) is 19.2. The molecule has 0 rings (SSSR count). The lowest BCUT2D eigenvalue weighted by atomic mass is 9.94. The Labute approximate surface area is 120 Å². The molecule has 1 N–H and O–H groups in total. The third kappa shape index (κ3) is 6.01. The summed E-state index contributed by atoms with van der Waals surface area (Å²) >= 11 is 0. The number of halogens is 3. The van der Waals surface area contributed by atoms with E-state index in [1.807, 2.05) is 0 Å². The third-order valence-electron chi connectivity index (χ3n) is 2.76. The van der Waals surface area contributed by atoms with E-state index in [1.165, 1.54) is 0 Å². The number of hydrogen-bond acceptors (Lipinski definition) is 5. The van der Waals surface area contributed by atoms with Gasteiger partial charge in [0.05, 0.1) is 20.3 Å². The Bertz CT molecular complexity index is 368. The van der Waals surface area contributed by atoms with Gasteiger partial charge in [-0.15, -0.1) is 0 Å². The van der Waals surface area contributed by atoms with E-state index in [2.05, 4.69) is 9.47 Å². The van der Waals surface area contributed by atoms with Crippen molar-refractivity contribution < 1.29 is 37.0 Å². The summed E-state index contributed by atoms with van der Waals surface area (Å²) in [6, 6.07) is -1.35. The van der Waals surface area contributed by atoms with Crippen molar-refractivity contribution in [1.82, 2.24) is 5.32 Å². The molecule has 21 heavy (non-hydrogen) atoms. The average Bonchev–Trinajstić information content (AvgIpc) is 2.42. The zero-order valence-electron chi connectivity index (χ0n) is 12.0. The van der Waals surface area contributed by atoms with Crippen LogP contribution in [0, 0.1) is 5.92 Å². The maximum absolute atomic E-state index is 12.3. The SMILES string of the molecule is CCCCC(NC(=O)C(F)(F)F)C(C(=O)OC)C(=O)OC. The minimum absolute atomic E-state index is 0.00713. The number of ether oxygens (including phenoxy) is 2. The summed E-state index contributed by atoms with van der Waals surface area (Å²) in [7, 11) is 1.97. The molecule has 1 atom stereocenters. The fourth-order valence-corrected chi connectivity index (χ4v) is 1.68. The largest absolute Gasteiger partial charge is 0.471 e. The Kier molecular flexibility index (Phi) is 7.75. The molecule has 0 aromatic heterocycles. The first-order valence-electron chi connectivity index (χ1n) is 6.22. The lowest BCUT2D eigenvalue weighted by Gasteiger charge is -2.24. The van der Waals surface area contributed by atoms with Gasteiger partial charge in [-0.25, -0.2) is 0 Å². The number of rotatable bonds is 7. The van der Waals surface area contributed by atoms with Crippen LogP contribution in [0.5, 0.6) is 0 Å². The highest BCUT2D eigenvalue weighted by Gasteiger charge is 2.44. The fraction of sp³-hybridized carbons (Fsp3) is 0.750. The summed E-state index contributed by atoms with van der Waals surface area (Å²) in [4.78, 5) is 34.2. The van der Waals surface area contributed by atoms with E-state index in [4.69, 9.17) is 0 Å². The highest BCUT2D eigenvalue weighted by molar-refractivity contribution is 5.96. The Morgan fingerprint density at radius 2 is 1.57 bits per heavy atom. The second-order valence-electron chi connectivity index (χ2n) is 4.24. The van der Waals surface area contributed by atoms with E-state index < -0.39 is 36.0 Å². The molecule has 0 saturated heterocycles. The van der Waals surface area contributed by atoms with Crippen LogP contribution in [0.4, 0.5) is 13.2 Å². The van der Waals surface area contributed by atoms with Crippen LogP contribution in [-0.4, -0.2) is 44.3 Å². The fourth-order valence-electron chi connectivity index (χ4n) is 1.68. The van der Waals surface area contributed by atoms with Crippen molar-refractivity contribution in [2.45, 2.75) is 38.4 Å². The summed E-state index contributed by atoms with van der Waals surface area (Å²) in [6.07, 6.45) is -4.09. The van der Waals surface area contributed by atoms with Crippen LogP contribution in [0.1, 0.15) is 26.2 Å². The maximum Gasteiger partial charge on any atom is 0.471 e. The molecule has 0 aliphatic rings. The lowest BCUT2D eigenvalue weighted by molar-refractivity contribution is -0.176. The molecule has 0 radical (unpaired) electrons. The van der Waals surface area contributed by atoms with Gasteiger partial charge >= 0.3 is 24.0 Å². The minimum atomic E-state index is -5.11. The van der Waals surface area contributed by atoms with Crippen LogP contribution in [0.25, 0.3) is 0 Å². The smallest absolute Gasteiger partial charge is 0.468 e. The zero-order chi connectivity index (χ0) is 16.6.